The number of alkyl halides is 9. The predicted molar refractivity (Wildman–Crippen MR) is 199 cm³/mol. The van der Waals surface area contributed by atoms with E-state index in [1.165, 1.54) is 37.3 Å². The van der Waals surface area contributed by atoms with Crippen LogP contribution < -0.4 is 0 Å². The minimum Gasteiger partial charge on any atom is -0.244 e. The lowest BCUT2D eigenvalue weighted by Crippen LogP contribution is -2.11. The van der Waals surface area contributed by atoms with Crippen molar-refractivity contribution in [3.63, 3.8) is 0 Å². The van der Waals surface area contributed by atoms with Crippen molar-refractivity contribution in [1.82, 2.24) is 0 Å². The highest BCUT2D eigenvalue weighted by molar-refractivity contribution is 6.40. The van der Waals surface area contributed by atoms with Crippen LogP contribution >= 0.6 is 0 Å². The first kappa shape index (κ1) is 41.3. The van der Waals surface area contributed by atoms with Crippen molar-refractivity contribution in [2.45, 2.75) is 25.5 Å². The first-order chi connectivity index (χ1) is 28.7. The van der Waals surface area contributed by atoms with Crippen LogP contribution in [0.1, 0.15) is 44.5 Å². The molecule has 6 nitrogen and oxygen atoms in total. The number of nitriles is 4. The number of nitrogens with zero attached hydrogens (tertiary/aromatic N) is 6. The molecule has 0 saturated heterocycles. The highest BCUT2D eigenvalue weighted by atomic mass is 19.4. The highest BCUT2D eigenvalue weighted by Gasteiger charge is 2.41. The fourth-order valence-electron chi connectivity index (χ4n) is 6.96. The molecule has 0 unspecified atom stereocenters. The van der Waals surface area contributed by atoms with E-state index in [2.05, 4.69) is 9.98 Å². The Balaban J connectivity index is 1.35. The fourth-order valence-corrected chi connectivity index (χ4v) is 6.96. The maximum Gasteiger partial charge on any atom is 0.416 e. The van der Waals surface area contributed by atoms with Crippen LogP contribution in [0.5, 0.6) is 0 Å². The molecule has 5 aromatic rings. The molecule has 300 valence electrons. The van der Waals surface area contributed by atoms with Crippen LogP contribution in [0, 0.1) is 63.9 Å². The molecule has 61 heavy (non-hydrogen) atoms. The van der Waals surface area contributed by atoms with Gasteiger partial charge in [-0.3, -0.25) is 0 Å². The number of halogens is 11. The van der Waals surface area contributed by atoms with Crippen LogP contribution in [-0.4, -0.2) is 11.4 Å². The number of fused-ring (bicyclic) bond motifs is 2. The summed E-state index contributed by atoms with van der Waals surface area (Å²) in [6.07, 6.45) is -14.9. The molecule has 2 heterocycles. The number of allylic oxidation sites excluding steroid dienone is 4. The van der Waals surface area contributed by atoms with Gasteiger partial charge in [0.1, 0.15) is 46.8 Å². The van der Waals surface area contributed by atoms with Gasteiger partial charge in [-0.1, -0.05) is 54.6 Å². The molecule has 0 amide bonds. The molecule has 0 spiro atoms. The van der Waals surface area contributed by atoms with Gasteiger partial charge >= 0.3 is 18.5 Å². The topological polar surface area (TPSA) is 120 Å². The number of hydrogen-bond acceptors (Lipinski definition) is 6. The van der Waals surface area contributed by atoms with Crippen molar-refractivity contribution >= 4 is 33.9 Å². The van der Waals surface area contributed by atoms with E-state index >= 15 is 8.78 Å². The largest absolute Gasteiger partial charge is 0.416 e. The van der Waals surface area contributed by atoms with Gasteiger partial charge in [0.15, 0.2) is 11.6 Å². The molecule has 0 saturated carbocycles. The van der Waals surface area contributed by atoms with E-state index in [1.54, 1.807) is 24.3 Å². The summed E-state index contributed by atoms with van der Waals surface area (Å²) < 4.78 is 156. The molecule has 0 aliphatic carbocycles. The molecule has 0 fully saturated rings. The van der Waals surface area contributed by atoms with Crippen LogP contribution in [0.3, 0.4) is 0 Å². The van der Waals surface area contributed by atoms with E-state index in [0.717, 1.165) is 36.4 Å². The Kier molecular flexibility index (Phi) is 9.97. The molecule has 0 radical (unpaired) electrons. The van der Waals surface area contributed by atoms with Crippen molar-refractivity contribution in [3.05, 3.63) is 152 Å². The number of aryl methyl sites for hydroxylation is 1. The summed E-state index contributed by atoms with van der Waals surface area (Å²) in [7, 11) is 0. The van der Waals surface area contributed by atoms with E-state index in [1.807, 2.05) is 0 Å². The summed E-state index contributed by atoms with van der Waals surface area (Å²) >= 11 is 0. The zero-order valence-electron chi connectivity index (χ0n) is 30.4. The lowest BCUT2D eigenvalue weighted by atomic mass is 9.88. The first-order valence-electron chi connectivity index (χ1n) is 17.2. The van der Waals surface area contributed by atoms with Gasteiger partial charge in [0, 0.05) is 22.3 Å². The van der Waals surface area contributed by atoms with Crippen molar-refractivity contribution < 1.29 is 48.3 Å². The third-order valence-electron chi connectivity index (χ3n) is 9.67. The lowest BCUT2D eigenvalue weighted by Gasteiger charge is -2.15. The first-order valence-corrected chi connectivity index (χ1v) is 17.2. The molecule has 0 N–H and O–H groups in total. The van der Waals surface area contributed by atoms with Gasteiger partial charge in [0.25, 0.3) is 0 Å². The summed E-state index contributed by atoms with van der Waals surface area (Å²) in [4.78, 5) is 8.45. The second-order valence-corrected chi connectivity index (χ2v) is 13.5. The fraction of sp³-hybridized carbons (Fsp3) is 0.0909. The molecule has 2 aliphatic heterocycles. The Morgan fingerprint density at radius 2 is 0.754 bits per heavy atom. The molecular weight excluding hydrogens is 822 g/mol. The van der Waals surface area contributed by atoms with Crippen molar-refractivity contribution in [2.75, 3.05) is 0 Å². The Labute approximate surface area is 337 Å². The van der Waals surface area contributed by atoms with Crippen molar-refractivity contribution in [3.8, 4) is 46.5 Å². The third-order valence-corrected chi connectivity index (χ3v) is 9.67. The molecule has 5 aromatic carbocycles. The molecule has 0 aromatic heterocycles. The zero-order chi connectivity index (χ0) is 44.3. The SMILES string of the molecule is Cc1cc(-c2ccc(C3=Nc4c(F)c5c(c(F)c4C3=C(C#N)C#N)N=C(c3ccc(-c4cc(C(F)(F)F)cc(C(F)(F)F)c4)cc3)C5=C(C#N)C#N)cc2)cc(C(F)(F)F)c1. The summed E-state index contributed by atoms with van der Waals surface area (Å²) in [5.74, 6) is -2.69. The van der Waals surface area contributed by atoms with Crippen LogP contribution in [-0.2, 0) is 18.5 Å². The standard InChI is InChI=1S/C44H17F11N6/c1-20-10-25(12-29(11-20)42(47,48)49)21-2-6-23(7-3-21)38-32(27(16-56)17-57)34-36(45)41-35(37(46)40(34)60-38)33(28(18-58)19-59)39(61-41)24-8-4-22(5-9-24)26-13-30(43(50,51)52)15-31(14-26)44(53,54)55/h2-15H,1H3. The Morgan fingerprint density at radius 3 is 1.08 bits per heavy atom. The van der Waals surface area contributed by atoms with Gasteiger partial charge in [0.2, 0.25) is 0 Å². The quantitative estimate of drug-likeness (QED) is 0.132. The predicted octanol–water partition coefficient (Wildman–Crippen LogP) is 12.5. The molecule has 2 aliphatic rings. The Bertz CT molecular complexity index is 2960. The molecule has 0 atom stereocenters. The van der Waals surface area contributed by atoms with Crippen molar-refractivity contribution in [2.24, 2.45) is 9.98 Å². The van der Waals surface area contributed by atoms with Crippen LogP contribution in [0.4, 0.5) is 59.7 Å². The number of hydrogen-bond donors (Lipinski definition) is 0. The summed E-state index contributed by atoms with van der Waals surface area (Å²) in [5.41, 5.74) is -10.0. The van der Waals surface area contributed by atoms with Crippen molar-refractivity contribution in [1.29, 1.82) is 21.0 Å². The summed E-state index contributed by atoms with van der Waals surface area (Å²) in [6.45, 7) is 1.48. The zero-order valence-corrected chi connectivity index (χ0v) is 30.4. The van der Waals surface area contributed by atoms with Gasteiger partial charge in [-0.2, -0.15) is 60.6 Å². The van der Waals surface area contributed by atoms with E-state index in [0.29, 0.717) is 23.3 Å². The Hall–Kier alpha value is -7.89. The summed E-state index contributed by atoms with van der Waals surface area (Å²) in [5, 5.41) is 39.6. The van der Waals surface area contributed by atoms with Gasteiger partial charge in [-0.05, 0) is 65.1 Å². The maximum absolute atomic E-state index is 16.9. The van der Waals surface area contributed by atoms with Gasteiger partial charge in [-0.15, -0.1) is 0 Å². The third kappa shape index (κ3) is 7.28. The molecule has 7 rings (SSSR count). The number of rotatable bonds is 4. The molecular formula is C44H17F11N6. The normalized spacial score (nSPS) is 13.3. The van der Waals surface area contributed by atoms with Crippen LogP contribution in [0.25, 0.3) is 33.4 Å². The smallest absolute Gasteiger partial charge is 0.244 e. The summed E-state index contributed by atoms with van der Waals surface area (Å²) in [6, 6.07) is 20.7. The lowest BCUT2D eigenvalue weighted by molar-refractivity contribution is -0.143. The maximum atomic E-state index is 16.9. The highest BCUT2D eigenvalue weighted by Crippen LogP contribution is 2.52. The number of aliphatic imine (C=N–C) groups is 2. The van der Waals surface area contributed by atoms with E-state index in [4.69, 9.17) is 0 Å². The average Bonchev–Trinajstić information content (AvgIpc) is 3.81. The van der Waals surface area contributed by atoms with E-state index in [9.17, 15) is 60.6 Å². The Morgan fingerprint density at radius 1 is 0.443 bits per heavy atom. The monoisotopic (exact) mass is 838 g/mol. The second kappa shape index (κ2) is 14.7. The van der Waals surface area contributed by atoms with Gasteiger partial charge in [-0.25, -0.2) is 18.8 Å². The van der Waals surface area contributed by atoms with Gasteiger partial charge in [0.05, 0.1) is 39.2 Å². The van der Waals surface area contributed by atoms with E-state index in [-0.39, 0.29) is 34.0 Å². The molecule has 17 heteroatoms. The number of benzene rings is 5. The van der Waals surface area contributed by atoms with Gasteiger partial charge < -0.3 is 0 Å². The molecule has 0 bridgehead atoms. The van der Waals surface area contributed by atoms with Crippen LogP contribution in [0.15, 0.2) is 106 Å². The van der Waals surface area contributed by atoms with E-state index < -0.39 is 103 Å². The average molecular weight is 839 g/mol. The van der Waals surface area contributed by atoms with Crippen LogP contribution in [0.2, 0.25) is 0 Å². The minimum absolute atomic E-state index is 0.0457. The second-order valence-electron chi connectivity index (χ2n) is 13.5. The minimum atomic E-state index is -5.14.